The fourth-order valence-electron chi connectivity index (χ4n) is 5.39. The van der Waals surface area contributed by atoms with Crippen LogP contribution in [0, 0.1) is 5.82 Å². The molecule has 3 aromatic rings. The fourth-order valence-corrected chi connectivity index (χ4v) is 6.08. The number of aromatic nitrogens is 3. The zero-order valence-corrected chi connectivity index (χ0v) is 24.7. The molecule has 1 aromatic heterocycles. The Balaban J connectivity index is 1.52. The maximum Gasteiger partial charge on any atom is 0.416 e. The van der Waals surface area contributed by atoms with E-state index in [0.717, 1.165) is 25.4 Å². The summed E-state index contributed by atoms with van der Waals surface area (Å²) in [5, 5.41) is 11.5. The number of anilines is 1. The summed E-state index contributed by atoms with van der Waals surface area (Å²) in [6, 6.07) is 8.43. The largest absolute Gasteiger partial charge is 0.416 e. The molecule has 15 heteroatoms. The summed E-state index contributed by atoms with van der Waals surface area (Å²) in [6.07, 6.45) is -6.05. The van der Waals surface area contributed by atoms with Crippen LogP contribution in [0.25, 0.3) is 0 Å². The van der Waals surface area contributed by atoms with Crippen molar-refractivity contribution < 1.29 is 40.2 Å². The highest BCUT2D eigenvalue weighted by atomic mass is 32.2. The minimum absolute atomic E-state index is 0.00636. The Morgan fingerprint density at radius 3 is 2.44 bits per heavy atom. The summed E-state index contributed by atoms with van der Waals surface area (Å²) in [6.45, 7) is 7.01. The van der Waals surface area contributed by atoms with Gasteiger partial charge in [-0.15, -0.1) is 5.10 Å². The van der Waals surface area contributed by atoms with Gasteiger partial charge in [-0.05, 0) is 55.3 Å². The highest BCUT2D eigenvalue weighted by Gasteiger charge is 2.49. The number of morpholine rings is 2. The van der Waals surface area contributed by atoms with E-state index >= 15 is 0 Å². The molecule has 2 aliphatic rings. The third-order valence-electron chi connectivity index (χ3n) is 7.85. The molecule has 2 aromatic carbocycles. The number of benzene rings is 2. The molecule has 2 fully saturated rings. The number of nitrogens with zero attached hydrogens (tertiary/aromatic N) is 4. The van der Waals surface area contributed by atoms with Gasteiger partial charge in [0.2, 0.25) is 0 Å². The average Bonchev–Trinajstić information content (AvgIpc) is 3.41. The van der Waals surface area contributed by atoms with Gasteiger partial charge in [-0.25, -0.2) is 12.8 Å². The van der Waals surface area contributed by atoms with E-state index in [1.807, 2.05) is 11.8 Å². The second-order valence-corrected chi connectivity index (χ2v) is 12.8. The van der Waals surface area contributed by atoms with Crippen molar-refractivity contribution in [3.05, 3.63) is 70.7 Å². The molecule has 234 valence electrons. The van der Waals surface area contributed by atoms with Crippen LogP contribution in [-0.4, -0.2) is 80.7 Å². The number of sulfone groups is 1. The average molecular weight is 628 g/mol. The Kier molecular flexibility index (Phi) is 8.82. The molecule has 1 N–H and O–H groups in total. The van der Waals surface area contributed by atoms with E-state index in [2.05, 4.69) is 20.3 Å². The summed E-state index contributed by atoms with van der Waals surface area (Å²) in [5.74, 6) is 0.0782. The Morgan fingerprint density at radius 1 is 1.09 bits per heavy atom. The molecule has 3 atom stereocenters. The number of aromatic amines is 1. The zero-order chi connectivity index (χ0) is 31.0. The maximum absolute atomic E-state index is 14.0. The number of hydrogen-bond acceptors (Lipinski definition) is 9. The van der Waals surface area contributed by atoms with Crippen molar-refractivity contribution in [1.82, 2.24) is 20.3 Å². The van der Waals surface area contributed by atoms with Gasteiger partial charge in [0.15, 0.2) is 21.9 Å². The molecule has 0 amide bonds. The van der Waals surface area contributed by atoms with E-state index in [4.69, 9.17) is 14.2 Å². The topological polar surface area (TPSA) is 110 Å². The van der Waals surface area contributed by atoms with E-state index in [1.54, 1.807) is 12.1 Å². The monoisotopic (exact) mass is 627 g/mol. The van der Waals surface area contributed by atoms with Gasteiger partial charge < -0.3 is 19.1 Å². The summed E-state index contributed by atoms with van der Waals surface area (Å²) >= 11 is 0. The highest BCUT2D eigenvalue weighted by Crippen LogP contribution is 2.43. The second kappa shape index (κ2) is 12.1. The molecular formula is C28H33F4N5O5S. The van der Waals surface area contributed by atoms with E-state index in [1.165, 1.54) is 25.1 Å². The van der Waals surface area contributed by atoms with E-state index in [-0.39, 0.29) is 12.2 Å². The lowest BCUT2D eigenvalue weighted by molar-refractivity contribution is -0.216. The molecule has 2 saturated heterocycles. The molecule has 0 aliphatic carbocycles. The van der Waals surface area contributed by atoms with Crippen LogP contribution in [0.5, 0.6) is 0 Å². The standard InChI is InChI=1S/C28H33F4N5O5S/c1-18(19-14-21(28(30,31)32)16-23(15-19)43(3,38)39)42-26-27(2,20-4-6-22(29)7-5-20)37(10-13-41-26)25-24(33-35-34-25)17-36-8-11-40-12-9-36/h4-7,14-16,18,26H,8-13,17H2,1-3H3,(H,33,34,35)/t18-,26-,27+/m1/s1. The minimum Gasteiger partial charge on any atom is -0.379 e. The summed E-state index contributed by atoms with van der Waals surface area (Å²) in [4.78, 5) is 3.65. The predicted octanol–water partition coefficient (Wildman–Crippen LogP) is 4.05. The van der Waals surface area contributed by atoms with Crippen LogP contribution in [0.1, 0.15) is 42.3 Å². The lowest BCUT2D eigenvalue weighted by Crippen LogP contribution is -2.60. The van der Waals surface area contributed by atoms with Crippen LogP contribution < -0.4 is 4.90 Å². The summed E-state index contributed by atoms with van der Waals surface area (Å²) in [7, 11) is -3.96. The molecule has 0 unspecified atom stereocenters. The number of nitrogens with one attached hydrogen (secondary N) is 1. The zero-order valence-electron chi connectivity index (χ0n) is 23.9. The van der Waals surface area contributed by atoms with Crippen molar-refractivity contribution in [3.63, 3.8) is 0 Å². The Hall–Kier alpha value is -3.11. The van der Waals surface area contributed by atoms with E-state index in [9.17, 15) is 26.0 Å². The third-order valence-corrected chi connectivity index (χ3v) is 8.94. The van der Waals surface area contributed by atoms with Crippen molar-refractivity contribution in [2.75, 3.05) is 50.6 Å². The summed E-state index contributed by atoms with van der Waals surface area (Å²) in [5.41, 5.74) is -0.986. The predicted molar refractivity (Wildman–Crippen MR) is 147 cm³/mol. The smallest absolute Gasteiger partial charge is 0.379 e. The van der Waals surface area contributed by atoms with Crippen molar-refractivity contribution in [1.29, 1.82) is 0 Å². The van der Waals surface area contributed by atoms with Gasteiger partial charge in [-0.3, -0.25) is 4.90 Å². The lowest BCUT2D eigenvalue weighted by atomic mass is 9.87. The van der Waals surface area contributed by atoms with Gasteiger partial charge in [0, 0.05) is 32.4 Å². The van der Waals surface area contributed by atoms with Crippen LogP contribution in [0.2, 0.25) is 0 Å². The summed E-state index contributed by atoms with van der Waals surface area (Å²) < 4.78 is 97.6. The van der Waals surface area contributed by atoms with E-state index < -0.39 is 50.2 Å². The maximum atomic E-state index is 14.0. The molecule has 3 heterocycles. The molecule has 0 spiro atoms. The molecule has 5 rings (SSSR count). The van der Waals surface area contributed by atoms with E-state index in [0.29, 0.717) is 49.4 Å². The van der Waals surface area contributed by atoms with Gasteiger partial charge in [-0.1, -0.05) is 12.1 Å². The Bertz CT molecular complexity index is 1530. The van der Waals surface area contributed by atoms with Crippen LogP contribution in [0.15, 0.2) is 47.4 Å². The van der Waals surface area contributed by atoms with Gasteiger partial charge >= 0.3 is 6.18 Å². The molecular weight excluding hydrogens is 594 g/mol. The normalized spacial score (nSPS) is 23.0. The fraction of sp³-hybridized carbons (Fsp3) is 0.500. The van der Waals surface area contributed by atoms with Crippen LogP contribution in [0.3, 0.4) is 0 Å². The first-order valence-electron chi connectivity index (χ1n) is 13.7. The first-order chi connectivity index (χ1) is 20.3. The van der Waals surface area contributed by atoms with Crippen molar-refractivity contribution in [3.8, 4) is 0 Å². The SMILES string of the molecule is C[C@@H](O[C@H]1OCCN(c2n[nH]nc2CN2CCOCC2)[C@@]1(C)c1ccc(F)cc1)c1cc(C(F)(F)F)cc(S(C)(=O)=O)c1. The molecule has 2 aliphatic heterocycles. The second-order valence-electron chi connectivity index (χ2n) is 10.8. The minimum atomic E-state index is -4.78. The van der Waals surface area contributed by atoms with Crippen molar-refractivity contribution in [2.24, 2.45) is 0 Å². The Labute approximate surface area is 246 Å². The van der Waals surface area contributed by atoms with Crippen LogP contribution in [-0.2, 0) is 42.3 Å². The number of halogens is 4. The first kappa shape index (κ1) is 31.3. The number of rotatable bonds is 8. The van der Waals surface area contributed by atoms with Crippen LogP contribution >= 0.6 is 0 Å². The van der Waals surface area contributed by atoms with Gasteiger partial charge in [0.25, 0.3) is 0 Å². The van der Waals surface area contributed by atoms with Crippen molar-refractivity contribution in [2.45, 2.75) is 49.4 Å². The molecule has 0 saturated carbocycles. The number of alkyl halides is 3. The number of hydrogen-bond donors (Lipinski definition) is 1. The lowest BCUT2D eigenvalue weighted by Gasteiger charge is -2.50. The van der Waals surface area contributed by atoms with Gasteiger partial charge in [0.05, 0.1) is 36.4 Å². The molecule has 10 nitrogen and oxygen atoms in total. The number of H-pyrrole nitrogens is 1. The van der Waals surface area contributed by atoms with Crippen LogP contribution in [0.4, 0.5) is 23.4 Å². The molecule has 0 bridgehead atoms. The van der Waals surface area contributed by atoms with Crippen molar-refractivity contribution >= 4 is 15.7 Å². The number of ether oxygens (including phenoxy) is 3. The highest BCUT2D eigenvalue weighted by molar-refractivity contribution is 7.90. The van der Waals surface area contributed by atoms with Gasteiger partial charge in [-0.2, -0.15) is 23.5 Å². The Morgan fingerprint density at radius 2 is 1.79 bits per heavy atom. The third kappa shape index (κ3) is 6.70. The quantitative estimate of drug-likeness (QED) is 0.370. The van der Waals surface area contributed by atoms with Gasteiger partial charge in [0.1, 0.15) is 17.1 Å². The molecule has 43 heavy (non-hydrogen) atoms. The molecule has 0 radical (unpaired) electrons. The first-order valence-corrected chi connectivity index (χ1v) is 15.6.